The lowest BCUT2D eigenvalue weighted by Crippen LogP contribution is -2.29. The summed E-state index contributed by atoms with van der Waals surface area (Å²) in [7, 11) is 6.77. The monoisotopic (exact) mass is 650 g/mol. The molecule has 0 saturated carbocycles. The minimum absolute atomic E-state index is 0.0755. The maximum Gasteiger partial charge on any atom is 0.414 e. The van der Waals surface area contributed by atoms with Gasteiger partial charge in [-0.25, -0.2) is 4.79 Å². The molecule has 252 valence electrons. The lowest BCUT2D eigenvalue weighted by molar-refractivity contribution is -0.129. The zero-order valence-corrected chi connectivity index (χ0v) is 28.8. The van der Waals surface area contributed by atoms with Crippen molar-refractivity contribution in [2.75, 3.05) is 41.4 Å². The normalized spacial score (nSPS) is 13.8. The summed E-state index contributed by atoms with van der Waals surface area (Å²) in [5.74, 6) is 0.885. The Bertz CT molecular complexity index is 1780. The molecule has 5 rings (SSSR count). The third-order valence-electron chi connectivity index (χ3n) is 8.54. The summed E-state index contributed by atoms with van der Waals surface area (Å²) < 4.78 is 19.0. The molecule has 0 aliphatic heterocycles. The number of para-hydroxylation sites is 4. The van der Waals surface area contributed by atoms with Crippen LogP contribution in [0.4, 0.5) is 4.79 Å². The van der Waals surface area contributed by atoms with E-state index in [1.165, 1.54) is 4.90 Å². The van der Waals surface area contributed by atoms with Crippen LogP contribution in [0.5, 0.6) is 23.0 Å². The van der Waals surface area contributed by atoms with Gasteiger partial charge in [0.15, 0.2) is 0 Å². The van der Waals surface area contributed by atoms with E-state index in [1.54, 1.807) is 33.1 Å². The van der Waals surface area contributed by atoms with Crippen molar-refractivity contribution in [3.8, 4) is 23.0 Å². The Morgan fingerprint density at radius 1 is 0.625 bits per heavy atom. The zero-order chi connectivity index (χ0) is 34.4. The van der Waals surface area contributed by atoms with Crippen LogP contribution < -0.4 is 14.2 Å². The molecule has 1 N–H and O–H groups in total. The van der Waals surface area contributed by atoms with Crippen LogP contribution in [0.2, 0.25) is 0 Å². The van der Waals surface area contributed by atoms with E-state index < -0.39 is 12.0 Å². The average Bonchev–Trinajstić information content (AvgIpc) is 3.06. The number of nitrogens with zero attached hydrogens (tertiary/aromatic N) is 2. The Kier molecular flexibility index (Phi) is 10.9. The molecule has 48 heavy (non-hydrogen) atoms. The van der Waals surface area contributed by atoms with E-state index in [0.29, 0.717) is 60.7 Å². The number of carbonyl (C=O) groups is 2. The lowest BCUT2D eigenvalue weighted by atomic mass is 9.84. The molecule has 0 radical (unpaired) electrons. The van der Waals surface area contributed by atoms with E-state index in [0.717, 1.165) is 46.4 Å². The predicted molar refractivity (Wildman–Crippen MR) is 188 cm³/mol. The van der Waals surface area contributed by atoms with E-state index in [2.05, 4.69) is 6.92 Å². The lowest BCUT2D eigenvalue weighted by Gasteiger charge is -2.27. The van der Waals surface area contributed by atoms with Gasteiger partial charge in [-0.2, -0.15) is 0 Å². The number of likely N-dealkylation sites (N-methyl/N-ethyl adjacent to an activating group) is 1. The third kappa shape index (κ3) is 7.28. The number of phenols is 1. The predicted octanol–water partition coefficient (Wildman–Crippen LogP) is 7.34. The van der Waals surface area contributed by atoms with Gasteiger partial charge in [0.25, 0.3) is 0 Å². The maximum absolute atomic E-state index is 14.1. The van der Waals surface area contributed by atoms with Gasteiger partial charge in [0.1, 0.15) is 23.0 Å². The summed E-state index contributed by atoms with van der Waals surface area (Å²) in [6, 6.07) is 23.4. The van der Waals surface area contributed by atoms with Crippen molar-refractivity contribution < 1.29 is 28.9 Å². The number of amides is 2. The first kappa shape index (κ1) is 34.4. The molecule has 0 heterocycles. The molecule has 8 bridgehead atoms. The van der Waals surface area contributed by atoms with Crippen molar-refractivity contribution in [1.82, 2.24) is 9.80 Å². The number of rotatable bonds is 8. The fraction of sp³-hybridized carbons (Fsp3) is 0.350. The summed E-state index contributed by atoms with van der Waals surface area (Å²) in [5.41, 5.74) is 6.19. The molecule has 0 spiro atoms. The Labute approximate surface area is 283 Å². The smallest absolute Gasteiger partial charge is 0.414 e. The molecule has 8 nitrogen and oxygen atoms in total. The molecular weight excluding hydrogens is 604 g/mol. The number of ether oxygens (including phenoxy) is 3. The van der Waals surface area contributed by atoms with Gasteiger partial charge in [-0.3, -0.25) is 4.79 Å². The molecule has 4 aromatic rings. The first-order valence-corrected chi connectivity index (χ1v) is 16.6. The minimum atomic E-state index is -0.834. The maximum atomic E-state index is 14.1. The summed E-state index contributed by atoms with van der Waals surface area (Å²) >= 11 is 0. The minimum Gasteiger partial charge on any atom is -0.507 e. The van der Waals surface area contributed by atoms with Crippen LogP contribution in [0.25, 0.3) is 0 Å². The summed E-state index contributed by atoms with van der Waals surface area (Å²) in [6.07, 6.45) is 2.34. The van der Waals surface area contributed by atoms with Gasteiger partial charge >= 0.3 is 6.09 Å². The van der Waals surface area contributed by atoms with E-state index in [1.807, 2.05) is 79.7 Å². The Morgan fingerprint density at radius 3 is 1.58 bits per heavy atom. The second-order valence-electron chi connectivity index (χ2n) is 12.7. The van der Waals surface area contributed by atoms with Crippen LogP contribution in [0.3, 0.4) is 0 Å². The standard InChI is InChI=1S/C40H46N2O6/c1-7-21-46-36-27-14-9-15-28(36)24-29-16-10-17-30(37(29)48-40(45)42(5)6)25-31-18-12-20-33(38(31)47-22-8-2)34(39(44)41(3)4)32-19-11-13-26(23-27)35(32)43/h9-20,34,43H,7-8,21-25H2,1-6H3. The van der Waals surface area contributed by atoms with Crippen molar-refractivity contribution in [2.45, 2.75) is 51.9 Å². The van der Waals surface area contributed by atoms with Crippen LogP contribution in [0.1, 0.15) is 77.1 Å². The fourth-order valence-corrected chi connectivity index (χ4v) is 6.18. The largest absolute Gasteiger partial charge is 0.507 e. The van der Waals surface area contributed by atoms with Crippen molar-refractivity contribution in [3.63, 3.8) is 0 Å². The zero-order valence-electron chi connectivity index (χ0n) is 28.8. The second kappa shape index (κ2) is 15.3. The molecule has 1 unspecified atom stereocenters. The second-order valence-corrected chi connectivity index (χ2v) is 12.7. The summed E-state index contributed by atoms with van der Waals surface area (Å²) in [5, 5.41) is 11.9. The van der Waals surface area contributed by atoms with Crippen LogP contribution >= 0.6 is 0 Å². The molecule has 0 aromatic heterocycles. The highest BCUT2D eigenvalue weighted by atomic mass is 16.6. The highest BCUT2D eigenvalue weighted by Crippen LogP contribution is 2.43. The van der Waals surface area contributed by atoms with Crippen molar-refractivity contribution in [1.29, 1.82) is 0 Å². The summed E-state index contributed by atoms with van der Waals surface area (Å²) in [6.45, 7) is 5.06. The number of hydrogen-bond acceptors (Lipinski definition) is 6. The molecule has 1 aliphatic carbocycles. The van der Waals surface area contributed by atoms with Crippen molar-refractivity contribution in [3.05, 3.63) is 117 Å². The van der Waals surface area contributed by atoms with Gasteiger partial charge in [-0.1, -0.05) is 86.6 Å². The van der Waals surface area contributed by atoms with Crippen LogP contribution in [0, 0.1) is 0 Å². The Balaban J connectivity index is 1.84. The average molecular weight is 651 g/mol. The van der Waals surface area contributed by atoms with Gasteiger partial charge in [0.05, 0.1) is 19.1 Å². The molecular formula is C40H46N2O6. The molecule has 0 fully saturated rings. The number of aromatic hydroxyl groups is 1. The van der Waals surface area contributed by atoms with Crippen molar-refractivity contribution in [2.24, 2.45) is 0 Å². The first-order chi connectivity index (χ1) is 23.1. The number of fused-ring (bicyclic) bond motifs is 8. The van der Waals surface area contributed by atoms with Gasteiger partial charge in [-0.15, -0.1) is 0 Å². The van der Waals surface area contributed by atoms with Gasteiger partial charge in [-0.05, 0) is 46.2 Å². The first-order valence-electron chi connectivity index (χ1n) is 16.6. The molecule has 4 aromatic carbocycles. The van der Waals surface area contributed by atoms with Crippen LogP contribution in [-0.2, 0) is 24.1 Å². The number of phenolic OH excluding ortho intramolecular Hbond substituents is 1. The fourth-order valence-electron chi connectivity index (χ4n) is 6.18. The van der Waals surface area contributed by atoms with E-state index in [9.17, 15) is 14.7 Å². The topological polar surface area (TPSA) is 88.5 Å². The number of hydrogen-bond donors (Lipinski definition) is 1. The molecule has 8 heteroatoms. The molecule has 1 atom stereocenters. The number of benzene rings is 4. The van der Waals surface area contributed by atoms with E-state index >= 15 is 0 Å². The Hall–Kier alpha value is -4.98. The number of carbonyl (C=O) groups excluding carboxylic acids is 2. The van der Waals surface area contributed by atoms with Crippen LogP contribution in [-0.4, -0.2) is 68.3 Å². The molecule has 1 aliphatic rings. The van der Waals surface area contributed by atoms with E-state index in [-0.39, 0.29) is 11.7 Å². The van der Waals surface area contributed by atoms with Crippen LogP contribution in [0.15, 0.2) is 72.8 Å². The summed E-state index contributed by atoms with van der Waals surface area (Å²) in [4.78, 5) is 30.1. The molecule has 2 amide bonds. The van der Waals surface area contributed by atoms with Gasteiger partial charge in [0.2, 0.25) is 5.91 Å². The highest BCUT2D eigenvalue weighted by molar-refractivity contribution is 5.89. The Morgan fingerprint density at radius 2 is 1.06 bits per heavy atom. The molecule has 0 saturated heterocycles. The highest BCUT2D eigenvalue weighted by Gasteiger charge is 2.32. The van der Waals surface area contributed by atoms with Crippen molar-refractivity contribution >= 4 is 12.0 Å². The van der Waals surface area contributed by atoms with E-state index in [4.69, 9.17) is 14.2 Å². The SMILES string of the molecule is CCCOc1c2cccc1Cc1cccc(c1OC(=O)N(C)C)Cc1cccc(c1OCCC)C(C(=O)N(C)C)c1cccc(c1O)C2. The van der Waals surface area contributed by atoms with Gasteiger partial charge < -0.3 is 29.1 Å². The third-order valence-corrected chi connectivity index (χ3v) is 8.54. The van der Waals surface area contributed by atoms with Gasteiger partial charge in [0, 0.05) is 58.6 Å². The quantitative estimate of drug-likeness (QED) is 0.215.